The van der Waals surface area contributed by atoms with Crippen molar-refractivity contribution in [2.24, 2.45) is 0 Å². The van der Waals surface area contributed by atoms with E-state index in [1.807, 2.05) is 12.2 Å². The topological polar surface area (TPSA) is 39.4 Å². The van der Waals surface area contributed by atoms with Gasteiger partial charge in [0.1, 0.15) is 11.5 Å². The van der Waals surface area contributed by atoms with Crippen LogP contribution in [0.3, 0.4) is 0 Å². The first-order chi connectivity index (χ1) is 7.76. The van der Waals surface area contributed by atoms with Crippen molar-refractivity contribution < 1.29 is 9.15 Å². The Kier molecular flexibility index (Phi) is 5.40. The first-order valence-corrected chi connectivity index (χ1v) is 5.62. The number of methoxy groups -OCH3 is 1. The maximum absolute atomic E-state index is 11.1. The summed E-state index contributed by atoms with van der Waals surface area (Å²) in [6.45, 7) is 2.17. The molecule has 0 spiro atoms. The highest BCUT2D eigenvalue weighted by Gasteiger charge is 1.97. The highest BCUT2D eigenvalue weighted by Crippen LogP contribution is 2.11. The van der Waals surface area contributed by atoms with Crippen molar-refractivity contribution in [1.29, 1.82) is 0 Å². The molecule has 0 N–H and O–H groups in total. The monoisotopic (exact) mass is 222 g/mol. The van der Waals surface area contributed by atoms with Crippen LogP contribution in [0.25, 0.3) is 6.08 Å². The molecule has 0 fully saturated rings. The highest BCUT2D eigenvalue weighted by atomic mass is 16.5. The third-order valence-corrected chi connectivity index (χ3v) is 2.26. The van der Waals surface area contributed by atoms with Gasteiger partial charge in [0.2, 0.25) is 0 Å². The molecule has 0 aliphatic rings. The van der Waals surface area contributed by atoms with E-state index in [-0.39, 0.29) is 5.63 Å². The molecule has 0 aliphatic carbocycles. The molecular weight excluding hydrogens is 204 g/mol. The summed E-state index contributed by atoms with van der Waals surface area (Å²) in [6, 6.07) is 3.03. The zero-order chi connectivity index (χ0) is 11.8. The van der Waals surface area contributed by atoms with Gasteiger partial charge in [-0.25, -0.2) is 4.79 Å². The molecule has 0 saturated carbocycles. The summed E-state index contributed by atoms with van der Waals surface area (Å²) in [5.74, 6) is 1.07. The van der Waals surface area contributed by atoms with E-state index in [2.05, 4.69) is 6.92 Å². The number of rotatable bonds is 6. The Morgan fingerprint density at radius 3 is 2.88 bits per heavy atom. The van der Waals surface area contributed by atoms with Crippen LogP contribution in [0, 0.1) is 0 Å². The van der Waals surface area contributed by atoms with Gasteiger partial charge < -0.3 is 9.15 Å². The van der Waals surface area contributed by atoms with Gasteiger partial charge in [-0.05, 0) is 18.9 Å². The van der Waals surface area contributed by atoms with Crippen LogP contribution < -0.4 is 10.4 Å². The quantitative estimate of drug-likeness (QED) is 0.693. The molecule has 1 rings (SSSR count). The van der Waals surface area contributed by atoms with Gasteiger partial charge in [0.15, 0.2) is 0 Å². The Morgan fingerprint density at radius 2 is 2.19 bits per heavy atom. The molecule has 88 valence electrons. The van der Waals surface area contributed by atoms with Crippen LogP contribution >= 0.6 is 0 Å². The summed E-state index contributed by atoms with van der Waals surface area (Å²) in [4.78, 5) is 11.1. The Morgan fingerprint density at radius 1 is 1.38 bits per heavy atom. The lowest BCUT2D eigenvalue weighted by Crippen LogP contribution is -1.98. The molecule has 0 bridgehead atoms. The normalized spacial score (nSPS) is 10.9. The third-order valence-electron chi connectivity index (χ3n) is 2.26. The number of ether oxygens (including phenoxy) is 1. The molecule has 0 unspecified atom stereocenters. The van der Waals surface area contributed by atoms with E-state index in [9.17, 15) is 4.79 Å². The first-order valence-electron chi connectivity index (χ1n) is 5.62. The van der Waals surface area contributed by atoms with Crippen molar-refractivity contribution in [1.82, 2.24) is 0 Å². The van der Waals surface area contributed by atoms with Crippen LogP contribution in [0.4, 0.5) is 0 Å². The average molecular weight is 222 g/mol. The second kappa shape index (κ2) is 6.88. The molecule has 0 aromatic carbocycles. The highest BCUT2D eigenvalue weighted by molar-refractivity contribution is 5.44. The summed E-state index contributed by atoms with van der Waals surface area (Å²) in [7, 11) is 1.53. The summed E-state index contributed by atoms with van der Waals surface area (Å²) in [5.41, 5.74) is -0.382. The molecule has 3 nitrogen and oxygen atoms in total. The lowest BCUT2D eigenvalue weighted by Gasteiger charge is -1.98. The average Bonchev–Trinajstić information content (AvgIpc) is 2.28. The third kappa shape index (κ3) is 4.34. The minimum Gasteiger partial charge on any atom is -0.496 e. The van der Waals surface area contributed by atoms with Gasteiger partial charge in [-0.2, -0.15) is 0 Å². The van der Waals surface area contributed by atoms with Crippen LogP contribution in [0.1, 0.15) is 38.4 Å². The smallest absolute Gasteiger partial charge is 0.339 e. The van der Waals surface area contributed by atoms with Gasteiger partial charge in [-0.1, -0.05) is 25.8 Å². The van der Waals surface area contributed by atoms with Crippen molar-refractivity contribution >= 4 is 6.08 Å². The van der Waals surface area contributed by atoms with Crippen molar-refractivity contribution in [3.05, 3.63) is 34.4 Å². The Labute approximate surface area is 95.7 Å². The second-order valence-electron chi connectivity index (χ2n) is 3.62. The lowest BCUT2D eigenvalue weighted by atomic mass is 10.2. The molecule has 1 aromatic heterocycles. The molecule has 0 amide bonds. The minimum atomic E-state index is -0.382. The van der Waals surface area contributed by atoms with E-state index in [1.54, 1.807) is 6.07 Å². The van der Waals surface area contributed by atoms with Crippen LogP contribution in [0.5, 0.6) is 5.75 Å². The zero-order valence-electron chi connectivity index (χ0n) is 9.86. The van der Waals surface area contributed by atoms with E-state index in [0.717, 1.165) is 6.42 Å². The van der Waals surface area contributed by atoms with Gasteiger partial charge in [-0.3, -0.25) is 0 Å². The molecule has 0 radical (unpaired) electrons. The van der Waals surface area contributed by atoms with E-state index >= 15 is 0 Å². The first kappa shape index (κ1) is 12.6. The van der Waals surface area contributed by atoms with Gasteiger partial charge in [0.05, 0.1) is 13.2 Å². The van der Waals surface area contributed by atoms with Gasteiger partial charge in [0, 0.05) is 6.07 Å². The molecule has 16 heavy (non-hydrogen) atoms. The lowest BCUT2D eigenvalue weighted by molar-refractivity contribution is 0.400. The van der Waals surface area contributed by atoms with Gasteiger partial charge in [0.25, 0.3) is 0 Å². The predicted molar refractivity (Wildman–Crippen MR) is 64.7 cm³/mol. The number of hydrogen-bond donors (Lipinski definition) is 0. The fourth-order valence-corrected chi connectivity index (χ4v) is 1.38. The minimum absolute atomic E-state index is 0.382. The van der Waals surface area contributed by atoms with Crippen molar-refractivity contribution in [2.75, 3.05) is 7.11 Å². The van der Waals surface area contributed by atoms with Crippen LogP contribution in [-0.2, 0) is 0 Å². The fraction of sp³-hybridized carbons (Fsp3) is 0.462. The van der Waals surface area contributed by atoms with E-state index in [0.29, 0.717) is 11.5 Å². The van der Waals surface area contributed by atoms with E-state index in [1.165, 1.54) is 32.4 Å². The van der Waals surface area contributed by atoms with Crippen LogP contribution in [0.15, 0.2) is 27.4 Å². The maximum atomic E-state index is 11.1. The van der Waals surface area contributed by atoms with Gasteiger partial charge >= 0.3 is 5.63 Å². The van der Waals surface area contributed by atoms with E-state index in [4.69, 9.17) is 9.15 Å². The predicted octanol–water partition coefficient (Wildman–Crippen LogP) is 3.24. The molecule has 0 aliphatic heterocycles. The summed E-state index contributed by atoms with van der Waals surface area (Å²) in [6.07, 6.45) is 8.46. The van der Waals surface area contributed by atoms with Crippen LogP contribution in [-0.4, -0.2) is 7.11 Å². The standard InChI is InChI=1S/C13H18O3/c1-3-4-5-6-7-8-11-9-12(15-2)10-13(14)16-11/h7-10H,3-6H2,1-2H3/b8-7+. The van der Waals surface area contributed by atoms with Crippen molar-refractivity contribution in [2.45, 2.75) is 32.6 Å². The summed E-state index contributed by atoms with van der Waals surface area (Å²) in [5, 5.41) is 0. The molecule has 0 atom stereocenters. The molecule has 1 heterocycles. The van der Waals surface area contributed by atoms with Gasteiger partial charge in [-0.15, -0.1) is 0 Å². The number of unbranched alkanes of at least 4 members (excludes halogenated alkanes) is 3. The summed E-state index contributed by atoms with van der Waals surface area (Å²) >= 11 is 0. The second-order valence-corrected chi connectivity index (χ2v) is 3.62. The van der Waals surface area contributed by atoms with Crippen molar-refractivity contribution in [3.8, 4) is 5.75 Å². The van der Waals surface area contributed by atoms with Crippen LogP contribution in [0.2, 0.25) is 0 Å². The number of hydrogen-bond acceptors (Lipinski definition) is 3. The maximum Gasteiger partial charge on any atom is 0.339 e. The summed E-state index contributed by atoms with van der Waals surface area (Å²) < 4.78 is 9.99. The molecule has 0 saturated heterocycles. The Hall–Kier alpha value is -1.51. The SMILES string of the molecule is CCCCC/C=C/c1cc(OC)cc(=O)o1. The molecule has 3 heteroatoms. The van der Waals surface area contributed by atoms with E-state index < -0.39 is 0 Å². The Bertz CT molecular complexity index is 390. The largest absolute Gasteiger partial charge is 0.496 e. The van der Waals surface area contributed by atoms with Crippen molar-refractivity contribution in [3.63, 3.8) is 0 Å². The zero-order valence-corrected chi connectivity index (χ0v) is 9.86. The number of allylic oxidation sites excluding steroid dienone is 1. The fourth-order valence-electron chi connectivity index (χ4n) is 1.38. The molecular formula is C13H18O3. The molecule has 1 aromatic rings. The Balaban J connectivity index is 2.59.